The molecule has 2 fully saturated rings. The summed E-state index contributed by atoms with van der Waals surface area (Å²) in [7, 11) is 0. The van der Waals surface area contributed by atoms with E-state index in [0.717, 1.165) is 12.8 Å². The van der Waals surface area contributed by atoms with Gasteiger partial charge in [0.05, 0.1) is 5.92 Å². The van der Waals surface area contributed by atoms with Crippen LogP contribution < -0.4 is 5.32 Å². The Balaban J connectivity index is 1.85. The number of nitrogens with zero attached hydrogens (tertiary/aromatic N) is 1. The predicted molar refractivity (Wildman–Crippen MR) is 74.5 cm³/mol. The van der Waals surface area contributed by atoms with E-state index in [9.17, 15) is 9.59 Å². The van der Waals surface area contributed by atoms with Gasteiger partial charge >= 0.3 is 0 Å². The Labute approximate surface area is 115 Å². The molecule has 1 saturated carbocycles. The first-order valence-corrected chi connectivity index (χ1v) is 7.65. The quantitative estimate of drug-likeness (QED) is 0.845. The molecule has 1 aliphatic heterocycles. The van der Waals surface area contributed by atoms with Crippen LogP contribution >= 0.6 is 0 Å². The minimum atomic E-state index is -0.131. The molecule has 0 bridgehead atoms. The number of hydrogen-bond donors (Lipinski definition) is 1. The second kappa shape index (κ2) is 6.40. The molecule has 19 heavy (non-hydrogen) atoms. The Bertz CT molecular complexity index is 335. The number of amides is 2. The molecular formula is C15H26N2O2. The second-order valence-corrected chi connectivity index (χ2v) is 6.38. The van der Waals surface area contributed by atoms with E-state index in [1.807, 2.05) is 4.90 Å². The van der Waals surface area contributed by atoms with Crippen LogP contribution in [0.3, 0.4) is 0 Å². The Hall–Kier alpha value is -1.06. The third-order valence-corrected chi connectivity index (χ3v) is 4.23. The molecule has 1 saturated heterocycles. The van der Waals surface area contributed by atoms with Gasteiger partial charge in [0.25, 0.3) is 0 Å². The SMILES string of the molecule is CC(C)CNC(=O)C1CC(=O)N(C2CCCCC2)C1. The van der Waals surface area contributed by atoms with Gasteiger partial charge in [-0.1, -0.05) is 33.1 Å². The van der Waals surface area contributed by atoms with Crippen LogP contribution in [0.1, 0.15) is 52.4 Å². The minimum absolute atomic E-state index is 0.0559. The molecule has 1 aliphatic carbocycles. The molecule has 2 aliphatic rings. The summed E-state index contributed by atoms with van der Waals surface area (Å²) in [5.74, 6) is 0.556. The normalized spacial score (nSPS) is 25.1. The van der Waals surface area contributed by atoms with Crippen molar-refractivity contribution in [3.05, 3.63) is 0 Å². The standard InChI is InChI=1S/C15H26N2O2/c1-11(2)9-16-15(19)12-8-14(18)17(10-12)13-6-4-3-5-7-13/h11-13H,3-10H2,1-2H3,(H,16,19). The van der Waals surface area contributed by atoms with Crippen molar-refractivity contribution in [3.63, 3.8) is 0 Å². The summed E-state index contributed by atoms with van der Waals surface area (Å²) in [4.78, 5) is 26.1. The van der Waals surface area contributed by atoms with Crippen molar-refractivity contribution >= 4 is 11.8 Å². The van der Waals surface area contributed by atoms with Crippen LogP contribution in [0.15, 0.2) is 0 Å². The average Bonchev–Trinajstić information content (AvgIpc) is 2.79. The maximum absolute atomic E-state index is 12.1. The predicted octanol–water partition coefficient (Wildman–Crippen LogP) is 1.94. The molecule has 0 aromatic carbocycles. The van der Waals surface area contributed by atoms with E-state index in [-0.39, 0.29) is 17.7 Å². The maximum atomic E-state index is 12.1. The highest BCUT2D eigenvalue weighted by Gasteiger charge is 2.37. The smallest absolute Gasteiger partial charge is 0.225 e. The first-order chi connectivity index (χ1) is 9.08. The lowest BCUT2D eigenvalue weighted by Crippen LogP contribution is -2.39. The average molecular weight is 266 g/mol. The van der Waals surface area contributed by atoms with Gasteiger partial charge in [0, 0.05) is 25.6 Å². The van der Waals surface area contributed by atoms with Crippen molar-refractivity contribution in [2.45, 2.75) is 58.4 Å². The number of likely N-dealkylation sites (tertiary alicyclic amines) is 1. The van der Waals surface area contributed by atoms with E-state index in [0.29, 0.717) is 31.5 Å². The summed E-state index contributed by atoms with van der Waals surface area (Å²) in [6.07, 6.45) is 6.37. The van der Waals surface area contributed by atoms with Gasteiger partial charge in [0.2, 0.25) is 11.8 Å². The summed E-state index contributed by atoms with van der Waals surface area (Å²) in [6, 6.07) is 0.393. The fraction of sp³-hybridized carbons (Fsp3) is 0.867. The molecular weight excluding hydrogens is 240 g/mol. The molecule has 108 valence electrons. The minimum Gasteiger partial charge on any atom is -0.356 e. The van der Waals surface area contributed by atoms with Crippen LogP contribution in [-0.4, -0.2) is 35.8 Å². The summed E-state index contributed by atoms with van der Waals surface area (Å²) in [5, 5.41) is 2.95. The highest BCUT2D eigenvalue weighted by molar-refractivity contribution is 5.89. The molecule has 4 nitrogen and oxygen atoms in total. The van der Waals surface area contributed by atoms with Crippen molar-refractivity contribution in [2.24, 2.45) is 11.8 Å². The monoisotopic (exact) mass is 266 g/mol. The molecule has 0 aromatic rings. The van der Waals surface area contributed by atoms with Gasteiger partial charge in [-0.2, -0.15) is 0 Å². The molecule has 2 amide bonds. The van der Waals surface area contributed by atoms with Crippen molar-refractivity contribution in [1.82, 2.24) is 10.2 Å². The maximum Gasteiger partial charge on any atom is 0.225 e. The second-order valence-electron chi connectivity index (χ2n) is 6.38. The third kappa shape index (κ3) is 3.71. The zero-order chi connectivity index (χ0) is 13.8. The summed E-state index contributed by atoms with van der Waals surface area (Å²) in [5.41, 5.74) is 0. The highest BCUT2D eigenvalue weighted by Crippen LogP contribution is 2.28. The summed E-state index contributed by atoms with van der Waals surface area (Å²) < 4.78 is 0. The highest BCUT2D eigenvalue weighted by atomic mass is 16.2. The molecule has 1 atom stereocenters. The molecule has 1 N–H and O–H groups in total. The van der Waals surface area contributed by atoms with E-state index in [1.165, 1.54) is 19.3 Å². The fourth-order valence-electron chi connectivity index (χ4n) is 3.10. The van der Waals surface area contributed by atoms with Gasteiger partial charge < -0.3 is 10.2 Å². The van der Waals surface area contributed by atoms with E-state index in [1.54, 1.807) is 0 Å². The number of carbonyl (C=O) groups excluding carboxylic acids is 2. The van der Waals surface area contributed by atoms with E-state index < -0.39 is 0 Å². The molecule has 1 unspecified atom stereocenters. The largest absolute Gasteiger partial charge is 0.356 e. The van der Waals surface area contributed by atoms with Crippen LogP contribution in [-0.2, 0) is 9.59 Å². The first kappa shape index (κ1) is 14.4. The van der Waals surface area contributed by atoms with E-state index in [2.05, 4.69) is 19.2 Å². The Kier molecular flexibility index (Phi) is 4.83. The molecule has 2 rings (SSSR count). The first-order valence-electron chi connectivity index (χ1n) is 7.65. The van der Waals surface area contributed by atoms with Gasteiger partial charge in [-0.15, -0.1) is 0 Å². The van der Waals surface area contributed by atoms with Crippen molar-refractivity contribution in [1.29, 1.82) is 0 Å². The van der Waals surface area contributed by atoms with Gasteiger partial charge in [-0.3, -0.25) is 9.59 Å². The van der Waals surface area contributed by atoms with Crippen molar-refractivity contribution in [3.8, 4) is 0 Å². The van der Waals surface area contributed by atoms with Gasteiger partial charge in [-0.25, -0.2) is 0 Å². The Morgan fingerprint density at radius 1 is 1.32 bits per heavy atom. The van der Waals surface area contributed by atoms with Crippen molar-refractivity contribution in [2.75, 3.05) is 13.1 Å². The lowest BCUT2D eigenvalue weighted by Gasteiger charge is -2.31. The Morgan fingerprint density at radius 2 is 2.00 bits per heavy atom. The Morgan fingerprint density at radius 3 is 2.63 bits per heavy atom. The number of carbonyl (C=O) groups is 2. The van der Waals surface area contributed by atoms with Crippen LogP contribution in [0.25, 0.3) is 0 Å². The third-order valence-electron chi connectivity index (χ3n) is 4.23. The molecule has 0 radical (unpaired) electrons. The van der Waals surface area contributed by atoms with Crippen LogP contribution in [0.4, 0.5) is 0 Å². The van der Waals surface area contributed by atoms with Crippen LogP contribution in [0.2, 0.25) is 0 Å². The molecule has 1 heterocycles. The fourth-order valence-corrected chi connectivity index (χ4v) is 3.10. The zero-order valence-corrected chi connectivity index (χ0v) is 12.2. The van der Waals surface area contributed by atoms with Gasteiger partial charge in [0.15, 0.2) is 0 Å². The van der Waals surface area contributed by atoms with Gasteiger partial charge in [0.1, 0.15) is 0 Å². The summed E-state index contributed by atoms with van der Waals surface area (Å²) in [6.45, 7) is 5.49. The lowest BCUT2D eigenvalue weighted by atomic mass is 9.94. The molecule has 4 heteroatoms. The topological polar surface area (TPSA) is 49.4 Å². The van der Waals surface area contributed by atoms with E-state index >= 15 is 0 Å². The molecule has 0 aromatic heterocycles. The molecule has 0 spiro atoms. The lowest BCUT2D eigenvalue weighted by molar-refractivity contribution is -0.130. The zero-order valence-electron chi connectivity index (χ0n) is 12.2. The number of nitrogens with one attached hydrogen (secondary N) is 1. The van der Waals surface area contributed by atoms with Crippen molar-refractivity contribution < 1.29 is 9.59 Å². The van der Waals surface area contributed by atoms with Crippen LogP contribution in [0, 0.1) is 11.8 Å². The summed E-state index contributed by atoms with van der Waals surface area (Å²) >= 11 is 0. The van der Waals surface area contributed by atoms with E-state index in [4.69, 9.17) is 0 Å². The van der Waals surface area contributed by atoms with Gasteiger partial charge in [-0.05, 0) is 18.8 Å². The van der Waals surface area contributed by atoms with Crippen LogP contribution in [0.5, 0.6) is 0 Å². The number of hydrogen-bond acceptors (Lipinski definition) is 2. The number of rotatable bonds is 4.